The van der Waals surface area contributed by atoms with Gasteiger partial charge in [-0.15, -0.1) is 0 Å². The highest BCUT2D eigenvalue weighted by Crippen LogP contribution is 2.30. The van der Waals surface area contributed by atoms with Gasteiger partial charge in [-0.05, 0) is 13.0 Å². The molecule has 1 heterocycles. The van der Waals surface area contributed by atoms with Crippen molar-refractivity contribution < 1.29 is 13.2 Å². The lowest BCUT2D eigenvalue weighted by Crippen LogP contribution is -2.29. The smallest absolute Gasteiger partial charge is 0.288 e. The molecule has 0 aliphatic heterocycles. The Morgan fingerprint density at radius 2 is 1.84 bits per heavy atom. The van der Waals surface area contributed by atoms with E-state index in [0.29, 0.717) is 10.1 Å². The lowest BCUT2D eigenvalue weighted by atomic mass is 10.1. The maximum Gasteiger partial charge on any atom is 0.431 e. The molecular weight excluding hydrogens is 257 g/mol. The first kappa shape index (κ1) is 13.3. The van der Waals surface area contributed by atoms with Crippen LogP contribution in [0.1, 0.15) is 12.6 Å². The van der Waals surface area contributed by atoms with Crippen molar-refractivity contribution >= 4 is 0 Å². The summed E-state index contributed by atoms with van der Waals surface area (Å²) in [5, 5.41) is 0. The van der Waals surface area contributed by atoms with Crippen LogP contribution in [0.2, 0.25) is 0 Å². The van der Waals surface area contributed by atoms with Gasteiger partial charge in [-0.25, -0.2) is 4.79 Å². The number of halogens is 3. The third kappa shape index (κ3) is 2.67. The third-order valence-electron chi connectivity index (χ3n) is 2.69. The molecular formula is C13H11F3N2O. The number of hydrogen-bond acceptors (Lipinski definition) is 2. The number of benzene rings is 1. The Bertz CT molecular complexity index is 633. The Hall–Kier alpha value is -2.11. The molecule has 0 aliphatic carbocycles. The standard InChI is InChI=1S/C13H11F3N2O/c1-2-18-11(13(14,15)16)8-10(17-12(18)19)9-6-4-3-5-7-9/h3-8H,2H2,1H3. The van der Waals surface area contributed by atoms with E-state index in [2.05, 4.69) is 4.98 Å². The molecule has 0 spiro atoms. The minimum atomic E-state index is -4.58. The average Bonchev–Trinajstić information content (AvgIpc) is 2.37. The van der Waals surface area contributed by atoms with E-state index in [-0.39, 0.29) is 12.2 Å². The highest BCUT2D eigenvalue weighted by Gasteiger charge is 2.35. The summed E-state index contributed by atoms with van der Waals surface area (Å²) in [5.74, 6) is 0. The van der Waals surface area contributed by atoms with Crippen LogP contribution in [0.15, 0.2) is 41.2 Å². The SMILES string of the molecule is CCn1c(C(F)(F)F)cc(-c2ccccc2)nc1=O. The van der Waals surface area contributed by atoms with Gasteiger partial charge >= 0.3 is 11.9 Å². The van der Waals surface area contributed by atoms with Gasteiger partial charge in [-0.1, -0.05) is 30.3 Å². The van der Waals surface area contributed by atoms with Gasteiger partial charge in [0.2, 0.25) is 0 Å². The Morgan fingerprint density at radius 3 is 2.37 bits per heavy atom. The maximum atomic E-state index is 12.9. The molecule has 0 atom stereocenters. The van der Waals surface area contributed by atoms with Crippen molar-refractivity contribution in [2.45, 2.75) is 19.6 Å². The molecule has 0 aliphatic rings. The van der Waals surface area contributed by atoms with Crippen LogP contribution in [-0.2, 0) is 12.7 Å². The molecule has 0 fully saturated rings. The van der Waals surface area contributed by atoms with Crippen molar-refractivity contribution in [2.75, 3.05) is 0 Å². The van der Waals surface area contributed by atoms with Crippen LogP contribution in [0.4, 0.5) is 13.2 Å². The van der Waals surface area contributed by atoms with E-state index in [4.69, 9.17) is 0 Å². The van der Waals surface area contributed by atoms with Crippen molar-refractivity contribution in [3.8, 4) is 11.3 Å². The Balaban J connectivity index is 2.68. The number of rotatable bonds is 2. The second-order valence-corrected chi connectivity index (χ2v) is 3.92. The van der Waals surface area contributed by atoms with Gasteiger partial charge in [0.1, 0.15) is 5.69 Å². The van der Waals surface area contributed by atoms with Gasteiger partial charge in [-0.2, -0.15) is 18.2 Å². The molecule has 0 amide bonds. The largest absolute Gasteiger partial charge is 0.431 e. The van der Waals surface area contributed by atoms with Crippen LogP contribution in [0.5, 0.6) is 0 Å². The van der Waals surface area contributed by atoms with Gasteiger partial charge in [0.25, 0.3) is 0 Å². The summed E-state index contributed by atoms with van der Waals surface area (Å²) in [7, 11) is 0. The monoisotopic (exact) mass is 268 g/mol. The number of nitrogens with zero attached hydrogens (tertiary/aromatic N) is 2. The fourth-order valence-electron chi connectivity index (χ4n) is 1.80. The van der Waals surface area contributed by atoms with Gasteiger partial charge in [0.15, 0.2) is 0 Å². The van der Waals surface area contributed by atoms with Crippen LogP contribution < -0.4 is 5.69 Å². The van der Waals surface area contributed by atoms with Crippen LogP contribution in [0.25, 0.3) is 11.3 Å². The van der Waals surface area contributed by atoms with Crippen LogP contribution in [0.3, 0.4) is 0 Å². The molecule has 3 nitrogen and oxygen atoms in total. The number of hydrogen-bond donors (Lipinski definition) is 0. The summed E-state index contributed by atoms with van der Waals surface area (Å²) in [4.78, 5) is 15.4. The van der Waals surface area contributed by atoms with Gasteiger partial charge in [0, 0.05) is 12.1 Å². The quantitative estimate of drug-likeness (QED) is 0.839. The topological polar surface area (TPSA) is 34.9 Å². The second-order valence-electron chi connectivity index (χ2n) is 3.92. The van der Waals surface area contributed by atoms with E-state index >= 15 is 0 Å². The molecule has 2 rings (SSSR count). The molecule has 0 saturated heterocycles. The highest BCUT2D eigenvalue weighted by molar-refractivity contribution is 5.58. The Morgan fingerprint density at radius 1 is 1.21 bits per heavy atom. The molecule has 6 heteroatoms. The van der Waals surface area contributed by atoms with E-state index in [9.17, 15) is 18.0 Å². The van der Waals surface area contributed by atoms with Crippen molar-refractivity contribution in [3.05, 3.63) is 52.6 Å². The van der Waals surface area contributed by atoms with Crippen molar-refractivity contribution in [2.24, 2.45) is 0 Å². The Kier molecular flexibility index (Phi) is 3.42. The van der Waals surface area contributed by atoms with Crippen LogP contribution >= 0.6 is 0 Å². The summed E-state index contributed by atoms with van der Waals surface area (Å²) >= 11 is 0. The van der Waals surface area contributed by atoms with Crippen LogP contribution in [-0.4, -0.2) is 9.55 Å². The van der Waals surface area contributed by atoms with Gasteiger partial charge < -0.3 is 0 Å². The summed E-state index contributed by atoms with van der Waals surface area (Å²) < 4.78 is 39.4. The minimum Gasteiger partial charge on any atom is -0.288 e. The zero-order valence-electron chi connectivity index (χ0n) is 10.1. The third-order valence-corrected chi connectivity index (χ3v) is 2.69. The molecule has 1 aromatic heterocycles. The van der Waals surface area contributed by atoms with Gasteiger partial charge in [0.05, 0.1) is 5.69 Å². The average molecular weight is 268 g/mol. The normalized spacial score (nSPS) is 11.6. The fourth-order valence-corrected chi connectivity index (χ4v) is 1.80. The molecule has 2 aromatic rings. The van der Waals surface area contributed by atoms with E-state index in [1.807, 2.05) is 0 Å². The molecule has 100 valence electrons. The Labute approximate surface area is 107 Å². The van der Waals surface area contributed by atoms with E-state index in [1.165, 1.54) is 6.92 Å². The highest BCUT2D eigenvalue weighted by atomic mass is 19.4. The molecule has 1 aromatic carbocycles. The van der Waals surface area contributed by atoms with Gasteiger partial charge in [-0.3, -0.25) is 4.57 Å². The maximum absolute atomic E-state index is 12.9. The van der Waals surface area contributed by atoms with Crippen LogP contribution in [0, 0.1) is 0 Å². The number of aromatic nitrogens is 2. The summed E-state index contributed by atoms with van der Waals surface area (Å²) in [5.41, 5.74) is -1.36. The predicted octanol–water partition coefficient (Wildman–Crippen LogP) is 2.95. The lowest BCUT2D eigenvalue weighted by Gasteiger charge is -2.14. The van der Waals surface area contributed by atoms with E-state index < -0.39 is 17.6 Å². The first-order valence-electron chi connectivity index (χ1n) is 5.68. The van der Waals surface area contributed by atoms with Crippen molar-refractivity contribution in [1.29, 1.82) is 0 Å². The molecule has 19 heavy (non-hydrogen) atoms. The molecule has 0 N–H and O–H groups in total. The summed E-state index contributed by atoms with van der Waals surface area (Å²) in [6, 6.07) is 9.21. The number of alkyl halides is 3. The lowest BCUT2D eigenvalue weighted by molar-refractivity contribution is -0.144. The van der Waals surface area contributed by atoms with E-state index in [1.54, 1.807) is 30.3 Å². The van der Waals surface area contributed by atoms with E-state index in [0.717, 1.165) is 6.07 Å². The molecule has 0 bridgehead atoms. The first-order chi connectivity index (χ1) is 8.93. The molecule has 0 saturated carbocycles. The summed E-state index contributed by atoms with van der Waals surface area (Å²) in [6.07, 6.45) is -4.58. The van der Waals surface area contributed by atoms with Crippen molar-refractivity contribution in [1.82, 2.24) is 9.55 Å². The summed E-state index contributed by atoms with van der Waals surface area (Å²) in [6.45, 7) is 1.40. The zero-order valence-corrected chi connectivity index (χ0v) is 10.1. The molecule has 0 unspecified atom stereocenters. The fraction of sp³-hybridized carbons (Fsp3) is 0.231. The second kappa shape index (κ2) is 4.87. The first-order valence-corrected chi connectivity index (χ1v) is 5.68. The minimum absolute atomic E-state index is 0.0302. The zero-order chi connectivity index (χ0) is 14.0. The van der Waals surface area contributed by atoms with Crippen molar-refractivity contribution in [3.63, 3.8) is 0 Å². The molecule has 0 radical (unpaired) electrons. The predicted molar refractivity (Wildman–Crippen MR) is 64.6 cm³/mol.